The van der Waals surface area contributed by atoms with Crippen LogP contribution in [0.1, 0.15) is 12.8 Å². The van der Waals surface area contributed by atoms with E-state index in [9.17, 15) is 8.78 Å². The summed E-state index contributed by atoms with van der Waals surface area (Å²) in [6.07, 6.45) is 2.37. The van der Waals surface area contributed by atoms with E-state index in [1.54, 1.807) is 6.07 Å². The van der Waals surface area contributed by atoms with Gasteiger partial charge in [-0.05, 0) is 50.0 Å². The first-order valence-electron chi connectivity index (χ1n) is 5.65. The molecule has 0 aromatic heterocycles. The van der Waals surface area contributed by atoms with Crippen LogP contribution in [0.5, 0.6) is 0 Å². The van der Waals surface area contributed by atoms with Crippen LogP contribution < -0.4 is 10.6 Å². The number of anilines is 1. The minimum absolute atomic E-state index is 0.571. The number of rotatable bonds is 3. The second-order valence-electron chi connectivity index (χ2n) is 4.22. The van der Waals surface area contributed by atoms with Gasteiger partial charge in [0.05, 0.1) is 0 Å². The highest BCUT2D eigenvalue weighted by molar-refractivity contribution is 5.43. The molecule has 0 saturated carbocycles. The molecule has 0 bridgehead atoms. The Morgan fingerprint density at radius 2 is 2.19 bits per heavy atom. The minimum atomic E-state index is -0.801. The summed E-state index contributed by atoms with van der Waals surface area (Å²) in [5.41, 5.74) is 0.643. The van der Waals surface area contributed by atoms with Crippen molar-refractivity contribution < 1.29 is 8.78 Å². The maximum atomic E-state index is 12.9. The van der Waals surface area contributed by atoms with Gasteiger partial charge in [0.15, 0.2) is 11.6 Å². The van der Waals surface area contributed by atoms with E-state index >= 15 is 0 Å². The zero-order valence-corrected chi connectivity index (χ0v) is 9.10. The summed E-state index contributed by atoms with van der Waals surface area (Å²) in [6.45, 7) is 2.89. The van der Waals surface area contributed by atoms with Gasteiger partial charge in [0, 0.05) is 12.2 Å². The molecule has 1 saturated heterocycles. The molecule has 2 rings (SSSR count). The molecule has 1 aliphatic heterocycles. The van der Waals surface area contributed by atoms with Gasteiger partial charge in [0.2, 0.25) is 0 Å². The smallest absolute Gasteiger partial charge is 0.160 e. The van der Waals surface area contributed by atoms with Crippen molar-refractivity contribution in [1.82, 2.24) is 5.32 Å². The fraction of sp³-hybridized carbons (Fsp3) is 0.500. The van der Waals surface area contributed by atoms with Crippen LogP contribution in [-0.2, 0) is 0 Å². The summed E-state index contributed by atoms with van der Waals surface area (Å²) in [5, 5.41) is 6.45. The highest BCUT2D eigenvalue weighted by Gasteiger charge is 2.12. The zero-order chi connectivity index (χ0) is 11.4. The lowest BCUT2D eigenvalue weighted by molar-refractivity contribution is 0.393. The lowest BCUT2D eigenvalue weighted by Gasteiger charge is -2.23. The molecule has 2 nitrogen and oxygen atoms in total. The largest absolute Gasteiger partial charge is 0.385 e. The number of hydrogen-bond acceptors (Lipinski definition) is 2. The van der Waals surface area contributed by atoms with E-state index < -0.39 is 11.6 Å². The van der Waals surface area contributed by atoms with Gasteiger partial charge in [0.1, 0.15) is 0 Å². The van der Waals surface area contributed by atoms with Crippen LogP contribution in [-0.4, -0.2) is 19.6 Å². The summed E-state index contributed by atoms with van der Waals surface area (Å²) >= 11 is 0. The summed E-state index contributed by atoms with van der Waals surface area (Å²) in [6, 6.07) is 3.91. The maximum Gasteiger partial charge on any atom is 0.160 e. The van der Waals surface area contributed by atoms with E-state index in [0.717, 1.165) is 25.7 Å². The van der Waals surface area contributed by atoms with Crippen LogP contribution in [0.4, 0.5) is 14.5 Å². The second kappa shape index (κ2) is 5.25. The highest BCUT2D eigenvalue weighted by Crippen LogP contribution is 2.15. The summed E-state index contributed by atoms with van der Waals surface area (Å²) in [7, 11) is 0. The summed E-state index contributed by atoms with van der Waals surface area (Å²) in [5.74, 6) is -1.03. The molecular formula is C12H16F2N2. The molecule has 16 heavy (non-hydrogen) atoms. The Hall–Kier alpha value is -1.16. The topological polar surface area (TPSA) is 24.1 Å². The third-order valence-electron chi connectivity index (χ3n) is 2.91. The molecule has 1 unspecified atom stereocenters. The average Bonchev–Trinajstić information content (AvgIpc) is 2.32. The number of halogens is 2. The average molecular weight is 226 g/mol. The first kappa shape index (κ1) is 11.3. The number of piperidine rings is 1. The predicted molar refractivity (Wildman–Crippen MR) is 60.4 cm³/mol. The molecule has 1 aromatic rings. The third kappa shape index (κ3) is 2.92. The van der Waals surface area contributed by atoms with Crippen molar-refractivity contribution in [3.8, 4) is 0 Å². The van der Waals surface area contributed by atoms with Crippen LogP contribution in [0, 0.1) is 17.6 Å². The van der Waals surface area contributed by atoms with Crippen LogP contribution in [0.25, 0.3) is 0 Å². The maximum absolute atomic E-state index is 12.9. The van der Waals surface area contributed by atoms with Crippen LogP contribution >= 0.6 is 0 Å². The fourth-order valence-corrected chi connectivity index (χ4v) is 1.97. The standard InChI is InChI=1S/C12H16F2N2/c13-11-4-3-10(6-12(11)14)16-8-9-2-1-5-15-7-9/h3-4,6,9,15-16H,1-2,5,7-8H2. The Labute approximate surface area is 94.0 Å². The van der Waals surface area contributed by atoms with Gasteiger partial charge in [-0.3, -0.25) is 0 Å². The van der Waals surface area contributed by atoms with E-state index in [0.29, 0.717) is 11.6 Å². The van der Waals surface area contributed by atoms with Crippen molar-refractivity contribution in [3.05, 3.63) is 29.8 Å². The first-order chi connectivity index (χ1) is 7.75. The van der Waals surface area contributed by atoms with Gasteiger partial charge in [-0.15, -0.1) is 0 Å². The van der Waals surface area contributed by atoms with E-state index in [4.69, 9.17) is 0 Å². The van der Waals surface area contributed by atoms with Crippen LogP contribution in [0.15, 0.2) is 18.2 Å². The number of nitrogens with one attached hydrogen (secondary N) is 2. The highest BCUT2D eigenvalue weighted by atomic mass is 19.2. The lowest BCUT2D eigenvalue weighted by atomic mass is 10.00. The SMILES string of the molecule is Fc1ccc(NCC2CCCNC2)cc1F. The molecule has 0 radical (unpaired) electrons. The Morgan fingerprint density at radius 1 is 1.31 bits per heavy atom. The normalized spacial score (nSPS) is 20.8. The predicted octanol–water partition coefficient (Wildman–Crippen LogP) is 2.38. The zero-order valence-electron chi connectivity index (χ0n) is 9.10. The Balaban J connectivity index is 1.86. The van der Waals surface area contributed by atoms with E-state index in [2.05, 4.69) is 10.6 Å². The lowest BCUT2D eigenvalue weighted by Crippen LogP contribution is -2.33. The molecule has 88 valence electrons. The Kier molecular flexibility index (Phi) is 3.72. The molecule has 0 amide bonds. The van der Waals surface area contributed by atoms with Crippen LogP contribution in [0.2, 0.25) is 0 Å². The van der Waals surface area contributed by atoms with Gasteiger partial charge < -0.3 is 10.6 Å². The van der Waals surface area contributed by atoms with Crippen molar-refractivity contribution in [2.24, 2.45) is 5.92 Å². The van der Waals surface area contributed by atoms with E-state index in [1.165, 1.54) is 18.9 Å². The Bertz CT molecular complexity index is 349. The van der Waals surface area contributed by atoms with Crippen LogP contribution in [0.3, 0.4) is 0 Å². The molecule has 1 atom stereocenters. The quantitative estimate of drug-likeness (QED) is 0.826. The molecule has 4 heteroatoms. The molecule has 0 aliphatic carbocycles. The van der Waals surface area contributed by atoms with Gasteiger partial charge in [-0.25, -0.2) is 8.78 Å². The fourth-order valence-electron chi connectivity index (χ4n) is 1.97. The number of benzene rings is 1. The van der Waals surface area contributed by atoms with Crippen molar-refractivity contribution in [3.63, 3.8) is 0 Å². The monoisotopic (exact) mass is 226 g/mol. The molecule has 2 N–H and O–H groups in total. The molecule has 1 aromatic carbocycles. The van der Waals surface area contributed by atoms with Crippen molar-refractivity contribution in [2.45, 2.75) is 12.8 Å². The van der Waals surface area contributed by atoms with Crippen molar-refractivity contribution in [1.29, 1.82) is 0 Å². The van der Waals surface area contributed by atoms with Crippen molar-refractivity contribution >= 4 is 5.69 Å². The Morgan fingerprint density at radius 3 is 2.88 bits per heavy atom. The molecule has 1 fully saturated rings. The molecule has 0 spiro atoms. The number of hydrogen-bond donors (Lipinski definition) is 2. The molecule has 1 aliphatic rings. The second-order valence-corrected chi connectivity index (χ2v) is 4.22. The third-order valence-corrected chi connectivity index (χ3v) is 2.91. The van der Waals surface area contributed by atoms with Crippen molar-refractivity contribution in [2.75, 3.05) is 25.0 Å². The molecule has 1 heterocycles. The van der Waals surface area contributed by atoms with E-state index in [-0.39, 0.29) is 0 Å². The minimum Gasteiger partial charge on any atom is -0.385 e. The summed E-state index contributed by atoms with van der Waals surface area (Å²) in [4.78, 5) is 0. The molecular weight excluding hydrogens is 210 g/mol. The van der Waals surface area contributed by atoms with Gasteiger partial charge in [-0.1, -0.05) is 0 Å². The first-order valence-corrected chi connectivity index (χ1v) is 5.65. The van der Waals surface area contributed by atoms with Gasteiger partial charge in [0.25, 0.3) is 0 Å². The van der Waals surface area contributed by atoms with E-state index in [1.807, 2.05) is 0 Å². The summed E-state index contributed by atoms with van der Waals surface area (Å²) < 4.78 is 25.6. The van der Waals surface area contributed by atoms with Gasteiger partial charge >= 0.3 is 0 Å². The van der Waals surface area contributed by atoms with Gasteiger partial charge in [-0.2, -0.15) is 0 Å².